The van der Waals surface area contributed by atoms with Crippen molar-refractivity contribution >= 4 is 29.0 Å². The largest absolute Gasteiger partial charge is 0.361 e. The lowest BCUT2D eigenvalue weighted by atomic mass is 9.86. The molecule has 128 valence electrons. The van der Waals surface area contributed by atoms with Gasteiger partial charge in [-0.15, -0.1) is 0 Å². The second-order valence-corrected chi connectivity index (χ2v) is 7.89. The predicted molar refractivity (Wildman–Crippen MR) is 105 cm³/mol. The Hall–Kier alpha value is -2.03. The molecule has 0 unspecified atom stereocenters. The van der Waals surface area contributed by atoms with E-state index in [1.807, 2.05) is 12.1 Å². The van der Waals surface area contributed by atoms with E-state index in [1.165, 1.54) is 5.56 Å². The van der Waals surface area contributed by atoms with Crippen molar-refractivity contribution in [3.05, 3.63) is 81.5 Å². The monoisotopic (exact) mass is 371 g/mol. The van der Waals surface area contributed by atoms with Gasteiger partial charge in [-0.25, -0.2) is 0 Å². The first-order valence-corrected chi connectivity index (χ1v) is 8.81. The van der Waals surface area contributed by atoms with E-state index >= 15 is 0 Å². The summed E-state index contributed by atoms with van der Waals surface area (Å²) in [7, 11) is 0. The van der Waals surface area contributed by atoms with E-state index < -0.39 is 0 Å². The summed E-state index contributed by atoms with van der Waals surface area (Å²) in [5.74, 6) is -0.127. The molecule has 0 aliphatic carbocycles. The molecule has 0 saturated carbocycles. The minimum atomic E-state index is -0.127. The molecule has 0 amide bonds. The van der Waals surface area contributed by atoms with Gasteiger partial charge in [0.2, 0.25) is 0 Å². The van der Waals surface area contributed by atoms with Crippen LogP contribution in [0.5, 0.6) is 0 Å². The zero-order valence-corrected chi connectivity index (χ0v) is 15.9. The first-order valence-electron chi connectivity index (χ1n) is 8.05. The van der Waals surface area contributed by atoms with Crippen molar-refractivity contribution in [1.82, 2.24) is 4.98 Å². The Morgan fingerprint density at radius 1 is 0.920 bits per heavy atom. The lowest BCUT2D eigenvalue weighted by Crippen LogP contribution is -2.10. The van der Waals surface area contributed by atoms with Crippen molar-refractivity contribution < 1.29 is 4.79 Å². The molecule has 3 aromatic rings. The number of aromatic amines is 1. The Kier molecular flexibility index (Phi) is 4.77. The highest BCUT2D eigenvalue weighted by molar-refractivity contribution is 6.37. The van der Waals surface area contributed by atoms with Crippen LogP contribution in [0.3, 0.4) is 0 Å². The smallest absolute Gasteiger partial charge is 0.196 e. The number of rotatable bonds is 3. The molecule has 0 aliphatic rings. The van der Waals surface area contributed by atoms with Gasteiger partial charge in [0.05, 0.1) is 10.7 Å². The summed E-state index contributed by atoms with van der Waals surface area (Å²) in [6.07, 6.45) is 1.77. The molecule has 4 heteroatoms. The highest BCUT2D eigenvalue weighted by Gasteiger charge is 2.19. The van der Waals surface area contributed by atoms with E-state index in [0.29, 0.717) is 21.2 Å². The standard InChI is InChI=1S/C21H19Cl2NO/c1-21(2,3)14-6-4-13(5-7-14)19-17(10-11-24-19)20(25)16-9-8-15(22)12-18(16)23/h4-12,24H,1-3H3. The number of benzene rings is 2. The number of halogens is 2. The van der Waals surface area contributed by atoms with Crippen LogP contribution in [-0.2, 0) is 5.41 Å². The van der Waals surface area contributed by atoms with Gasteiger partial charge >= 0.3 is 0 Å². The summed E-state index contributed by atoms with van der Waals surface area (Å²) >= 11 is 12.1. The third kappa shape index (κ3) is 3.65. The van der Waals surface area contributed by atoms with Gasteiger partial charge in [-0.3, -0.25) is 4.79 Å². The van der Waals surface area contributed by atoms with Crippen LogP contribution in [0.15, 0.2) is 54.7 Å². The summed E-state index contributed by atoms with van der Waals surface area (Å²) < 4.78 is 0. The number of carbonyl (C=O) groups excluding carboxylic acids is 1. The van der Waals surface area contributed by atoms with Gasteiger partial charge in [-0.05, 0) is 40.8 Å². The van der Waals surface area contributed by atoms with Gasteiger partial charge in [0, 0.05) is 22.3 Å². The van der Waals surface area contributed by atoms with E-state index in [1.54, 1.807) is 30.5 Å². The molecular weight excluding hydrogens is 353 g/mol. The van der Waals surface area contributed by atoms with Crippen molar-refractivity contribution in [1.29, 1.82) is 0 Å². The number of ketones is 1. The molecule has 1 aromatic heterocycles. The van der Waals surface area contributed by atoms with Gasteiger partial charge in [0.25, 0.3) is 0 Å². The van der Waals surface area contributed by atoms with Crippen LogP contribution in [0.1, 0.15) is 42.3 Å². The van der Waals surface area contributed by atoms with E-state index in [9.17, 15) is 4.79 Å². The number of hydrogen-bond acceptors (Lipinski definition) is 1. The summed E-state index contributed by atoms with van der Waals surface area (Å²) in [5, 5.41) is 0.862. The van der Waals surface area contributed by atoms with Crippen LogP contribution < -0.4 is 0 Å². The molecule has 0 fully saturated rings. The Morgan fingerprint density at radius 3 is 2.20 bits per heavy atom. The van der Waals surface area contributed by atoms with E-state index in [2.05, 4.69) is 37.9 Å². The Morgan fingerprint density at radius 2 is 1.60 bits per heavy atom. The highest BCUT2D eigenvalue weighted by Crippen LogP contribution is 2.30. The molecule has 2 nitrogen and oxygen atoms in total. The van der Waals surface area contributed by atoms with Crippen LogP contribution in [0.4, 0.5) is 0 Å². The number of nitrogens with one attached hydrogen (secondary N) is 1. The van der Waals surface area contributed by atoms with Gasteiger partial charge < -0.3 is 4.98 Å². The van der Waals surface area contributed by atoms with Crippen LogP contribution in [-0.4, -0.2) is 10.8 Å². The van der Waals surface area contributed by atoms with E-state index in [4.69, 9.17) is 23.2 Å². The molecule has 1 heterocycles. The fourth-order valence-corrected chi connectivity index (χ4v) is 3.25. The normalized spacial score (nSPS) is 11.6. The van der Waals surface area contributed by atoms with Crippen molar-refractivity contribution in [2.45, 2.75) is 26.2 Å². The molecule has 0 atom stereocenters. The van der Waals surface area contributed by atoms with Crippen LogP contribution in [0.2, 0.25) is 10.0 Å². The van der Waals surface area contributed by atoms with Crippen LogP contribution >= 0.6 is 23.2 Å². The average molecular weight is 372 g/mol. The van der Waals surface area contributed by atoms with Crippen LogP contribution in [0.25, 0.3) is 11.3 Å². The maximum absolute atomic E-state index is 12.9. The van der Waals surface area contributed by atoms with Crippen LogP contribution in [0, 0.1) is 0 Å². The molecule has 0 radical (unpaired) electrons. The lowest BCUT2D eigenvalue weighted by molar-refractivity contribution is 0.103. The molecule has 1 N–H and O–H groups in total. The van der Waals surface area contributed by atoms with Gasteiger partial charge in [-0.1, -0.05) is 68.2 Å². The van der Waals surface area contributed by atoms with Crippen molar-refractivity contribution in [3.8, 4) is 11.3 Å². The highest BCUT2D eigenvalue weighted by atomic mass is 35.5. The zero-order valence-electron chi connectivity index (χ0n) is 14.4. The topological polar surface area (TPSA) is 32.9 Å². The third-order valence-corrected chi connectivity index (χ3v) is 4.75. The molecule has 0 aliphatic heterocycles. The first-order chi connectivity index (χ1) is 11.8. The molecular formula is C21H19Cl2NO. The second-order valence-electron chi connectivity index (χ2n) is 7.05. The molecule has 0 bridgehead atoms. The molecule has 0 saturated heterocycles. The molecule has 0 spiro atoms. The van der Waals surface area contributed by atoms with E-state index in [-0.39, 0.29) is 11.2 Å². The first kappa shape index (κ1) is 17.8. The van der Waals surface area contributed by atoms with Gasteiger partial charge in [0.1, 0.15) is 0 Å². The third-order valence-electron chi connectivity index (χ3n) is 4.21. The SMILES string of the molecule is CC(C)(C)c1ccc(-c2[nH]ccc2C(=O)c2ccc(Cl)cc2Cl)cc1. The Bertz CT molecular complexity index is 918. The number of aromatic nitrogens is 1. The van der Waals surface area contributed by atoms with Gasteiger partial charge in [-0.2, -0.15) is 0 Å². The number of hydrogen-bond donors (Lipinski definition) is 1. The Balaban J connectivity index is 1.99. The van der Waals surface area contributed by atoms with Crippen molar-refractivity contribution in [3.63, 3.8) is 0 Å². The minimum Gasteiger partial charge on any atom is -0.361 e. The Labute approximate surface area is 157 Å². The van der Waals surface area contributed by atoms with Crippen molar-refractivity contribution in [2.24, 2.45) is 0 Å². The number of H-pyrrole nitrogens is 1. The van der Waals surface area contributed by atoms with Crippen molar-refractivity contribution in [2.75, 3.05) is 0 Å². The molecule has 2 aromatic carbocycles. The summed E-state index contributed by atoms with van der Waals surface area (Å²) in [5.41, 5.74) is 4.12. The maximum atomic E-state index is 12.9. The molecule has 25 heavy (non-hydrogen) atoms. The lowest BCUT2D eigenvalue weighted by Gasteiger charge is -2.19. The van der Waals surface area contributed by atoms with E-state index in [0.717, 1.165) is 11.3 Å². The summed E-state index contributed by atoms with van der Waals surface area (Å²) in [6, 6.07) is 15.0. The summed E-state index contributed by atoms with van der Waals surface area (Å²) in [6.45, 7) is 6.52. The second kappa shape index (κ2) is 6.70. The predicted octanol–water partition coefficient (Wildman–Crippen LogP) is 6.52. The minimum absolute atomic E-state index is 0.0871. The average Bonchev–Trinajstić information content (AvgIpc) is 3.03. The molecule has 3 rings (SSSR count). The fourth-order valence-electron chi connectivity index (χ4n) is 2.75. The fraction of sp³-hybridized carbons (Fsp3) is 0.190. The summed E-state index contributed by atoms with van der Waals surface area (Å²) in [4.78, 5) is 16.1. The maximum Gasteiger partial charge on any atom is 0.196 e. The number of carbonyl (C=O) groups is 1. The zero-order chi connectivity index (χ0) is 18.2. The quantitative estimate of drug-likeness (QED) is 0.522. The van der Waals surface area contributed by atoms with Gasteiger partial charge in [0.15, 0.2) is 5.78 Å².